The number of fused-ring (bicyclic) bond motifs is 1. The zero-order valence-corrected chi connectivity index (χ0v) is 14.7. The van der Waals surface area contributed by atoms with Crippen LogP contribution in [-0.2, 0) is 22.9 Å². The number of sulfonamides is 1. The van der Waals surface area contributed by atoms with Gasteiger partial charge in [0.25, 0.3) is 0 Å². The Morgan fingerprint density at radius 1 is 1.05 bits per heavy atom. The first-order chi connectivity index (χ1) is 9.63. The summed E-state index contributed by atoms with van der Waals surface area (Å²) in [6, 6.07) is 5.56. The maximum atomic E-state index is 12.2. The van der Waals surface area contributed by atoms with E-state index in [1.165, 1.54) is 28.4 Å². The summed E-state index contributed by atoms with van der Waals surface area (Å²) in [5.74, 6) is 0. The number of hydrogen-bond acceptors (Lipinski definition) is 2. The molecule has 0 fully saturated rings. The molecule has 0 spiro atoms. The second-order valence-electron chi connectivity index (χ2n) is 5.29. The molecule has 0 bridgehead atoms. The quantitative estimate of drug-likeness (QED) is 0.408. The normalized spacial score (nSPS) is 14.4. The highest BCUT2D eigenvalue weighted by atomic mass is 127. The van der Waals surface area contributed by atoms with E-state index in [0.29, 0.717) is 11.4 Å². The standard InChI is InChI=1S/C15H22INO2S/c16-10-3-1-2-4-11-17-20(18,19)15-9-8-13-6-5-7-14(13)12-15/h8-9,12,17H,1-7,10-11H2. The molecule has 2 rings (SSSR count). The molecule has 1 aromatic rings. The molecule has 1 N–H and O–H groups in total. The van der Waals surface area contributed by atoms with Crippen LogP contribution in [0.3, 0.4) is 0 Å². The predicted molar refractivity (Wildman–Crippen MR) is 91.0 cm³/mol. The van der Waals surface area contributed by atoms with Crippen LogP contribution in [-0.4, -0.2) is 19.4 Å². The van der Waals surface area contributed by atoms with Gasteiger partial charge in [0.05, 0.1) is 4.90 Å². The molecule has 20 heavy (non-hydrogen) atoms. The molecule has 0 aromatic heterocycles. The third-order valence-electron chi connectivity index (χ3n) is 3.73. The minimum atomic E-state index is -3.33. The monoisotopic (exact) mass is 407 g/mol. The molecule has 0 saturated carbocycles. The van der Waals surface area contributed by atoms with Gasteiger partial charge in [0, 0.05) is 6.54 Å². The summed E-state index contributed by atoms with van der Waals surface area (Å²) in [5, 5.41) is 0. The van der Waals surface area contributed by atoms with Crippen LogP contribution in [0.25, 0.3) is 0 Å². The van der Waals surface area contributed by atoms with Crippen LogP contribution in [0.2, 0.25) is 0 Å². The Labute approximate surface area is 135 Å². The van der Waals surface area contributed by atoms with E-state index in [0.717, 1.165) is 32.1 Å². The summed E-state index contributed by atoms with van der Waals surface area (Å²) in [6.45, 7) is 0.542. The van der Waals surface area contributed by atoms with Gasteiger partial charge in [-0.05, 0) is 59.8 Å². The molecule has 0 aliphatic heterocycles. The zero-order chi connectivity index (χ0) is 14.4. The van der Waals surface area contributed by atoms with Crippen LogP contribution >= 0.6 is 22.6 Å². The van der Waals surface area contributed by atoms with Crippen LogP contribution in [0.4, 0.5) is 0 Å². The lowest BCUT2D eigenvalue weighted by Gasteiger charge is -2.08. The Morgan fingerprint density at radius 2 is 1.80 bits per heavy atom. The third kappa shape index (κ3) is 4.43. The van der Waals surface area contributed by atoms with Gasteiger partial charge in [0.2, 0.25) is 10.0 Å². The average Bonchev–Trinajstić information content (AvgIpc) is 2.90. The summed E-state index contributed by atoms with van der Waals surface area (Å²) >= 11 is 2.37. The lowest BCUT2D eigenvalue weighted by atomic mass is 10.1. The maximum absolute atomic E-state index is 12.2. The van der Waals surface area contributed by atoms with Gasteiger partial charge in [-0.25, -0.2) is 13.1 Å². The predicted octanol–water partition coefficient (Wildman–Crippen LogP) is 3.45. The molecule has 0 unspecified atom stereocenters. The van der Waals surface area contributed by atoms with Gasteiger partial charge in [0.1, 0.15) is 0 Å². The molecule has 0 heterocycles. The van der Waals surface area contributed by atoms with E-state index in [-0.39, 0.29) is 0 Å². The average molecular weight is 407 g/mol. The lowest BCUT2D eigenvalue weighted by molar-refractivity contribution is 0.574. The van der Waals surface area contributed by atoms with Crippen molar-refractivity contribution in [2.75, 3.05) is 11.0 Å². The van der Waals surface area contributed by atoms with Crippen molar-refractivity contribution in [1.82, 2.24) is 4.72 Å². The van der Waals surface area contributed by atoms with Crippen LogP contribution in [0.15, 0.2) is 23.1 Å². The number of halogens is 1. The van der Waals surface area contributed by atoms with Crippen molar-refractivity contribution in [1.29, 1.82) is 0 Å². The molecule has 0 radical (unpaired) electrons. The number of nitrogens with one attached hydrogen (secondary N) is 1. The topological polar surface area (TPSA) is 46.2 Å². The van der Waals surface area contributed by atoms with Gasteiger partial charge in [-0.1, -0.05) is 41.5 Å². The van der Waals surface area contributed by atoms with E-state index < -0.39 is 10.0 Å². The van der Waals surface area contributed by atoms with Crippen LogP contribution in [0.5, 0.6) is 0 Å². The first-order valence-electron chi connectivity index (χ1n) is 7.31. The molecular formula is C15H22INO2S. The number of rotatable bonds is 8. The Bertz CT molecular complexity index is 543. The Balaban J connectivity index is 1.87. The molecule has 0 atom stereocenters. The first-order valence-corrected chi connectivity index (χ1v) is 10.3. The van der Waals surface area contributed by atoms with E-state index in [2.05, 4.69) is 27.3 Å². The summed E-state index contributed by atoms with van der Waals surface area (Å²) in [7, 11) is -3.33. The van der Waals surface area contributed by atoms with Crippen LogP contribution in [0, 0.1) is 0 Å². The molecule has 1 aliphatic rings. The number of alkyl halides is 1. The minimum absolute atomic E-state index is 0.422. The van der Waals surface area contributed by atoms with Crippen molar-refractivity contribution in [2.24, 2.45) is 0 Å². The summed E-state index contributed by atoms with van der Waals surface area (Å²) in [4.78, 5) is 0.422. The lowest BCUT2D eigenvalue weighted by Crippen LogP contribution is -2.24. The van der Waals surface area contributed by atoms with Gasteiger partial charge >= 0.3 is 0 Å². The maximum Gasteiger partial charge on any atom is 0.240 e. The van der Waals surface area contributed by atoms with E-state index in [4.69, 9.17) is 0 Å². The Kier molecular flexibility index (Phi) is 6.29. The Morgan fingerprint density at radius 3 is 2.60 bits per heavy atom. The second kappa shape index (κ2) is 7.75. The van der Waals surface area contributed by atoms with Gasteiger partial charge in [-0.3, -0.25) is 0 Å². The molecule has 0 amide bonds. The van der Waals surface area contributed by atoms with Gasteiger partial charge in [-0.15, -0.1) is 0 Å². The smallest absolute Gasteiger partial charge is 0.211 e. The molecule has 5 heteroatoms. The highest BCUT2D eigenvalue weighted by molar-refractivity contribution is 14.1. The number of benzene rings is 1. The minimum Gasteiger partial charge on any atom is -0.211 e. The van der Waals surface area contributed by atoms with E-state index in [1.54, 1.807) is 6.07 Å². The molecule has 1 aliphatic carbocycles. The fourth-order valence-electron chi connectivity index (χ4n) is 2.58. The van der Waals surface area contributed by atoms with Crippen LogP contribution in [0.1, 0.15) is 43.2 Å². The van der Waals surface area contributed by atoms with Crippen molar-refractivity contribution < 1.29 is 8.42 Å². The fraction of sp³-hybridized carbons (Fsp3) is 0.600. The summed E-state index contributed by atoms with van der Waals surface area (Å²) in [6.07, 6.45) is 7.65. The highest BCUT2D eigenvalue weighted by Gasteiger charge is 2.17. The molecule has 0 saturated heterocycles. The number of aryl methyl sites for hydroxylation is 2. The molecule has 1 aromatic carbocycles. The molecular weight excluding hydrogens is 385 g/mol. The van der Waals surface area contributed by atoms with Gasteiger partial charge in [0.15, 0.2) is 0 Å². The van der Waals surface area contributed by atoms with Crippen molar-refractivity contribution in [3.05, 3.63) is 29.3 Å². The van der Waals surface area contributed by atoms with Gasteiger partial charge < -0.3 is 0 Å². The number of unbranched alkanes of at least 4 members (excludes halogenated alkanes) is 3. The fourth-order valence-corrected chi connectivity index (χ4v) is 4.24. The second-order valence-corrected chi connectivity index (χ2v) is 8.13. The van der Waals surface area contributed by atoms with Crippen molar-refractivity contribution in [3.63, 3.8) is 0 Å². The van der Waals surface area contributed by atoms with Crippen molar-refractivity contribution in [3.8, 4) is 0 Å². The largest absolute Gasteiger partial charge is 0.240 e. The van der Waals surface area contributed by atoms with Gasteiger partial charge in [-0.2, -0.15) is 0 Å². The third-order valence-corrected chi connectivity index (χ3v) is 5.95. The zero-order valence-electron chi connectivity index (χ0n) is 11.7. The Hall–Kier alpha value is -0.140. The number of hydrogen-bond donors (Lipinski definition) is 1. The molecule has 3 nitrogen and oxygen atoms in total. The summed E-state index contributed by atoms with van der Waals surface area (Å²) in [5.41, 5.74) is 2.51. The SMILES string of the molecule is O=S(=O)(NCCCCCCI)c1ccc2c(c1)CCC2. The van der Waals surface area contributed by atoms with Crippen molar-refractivity contribution >= 4 is 32.6 Å². The molecule has 112 valence electrons. The summed E-state index contributed by atoms with van der Waals surface area (Å²) < 4.78 is 28.3. The highest BCUT2D eigenvalue weighted by Crippen LogP contribution is 2.24. The van der Waals surface area contributed by atoms with Crippen LogP contribution < -0.4 is 4.72 Å². The van der Waals surface area contributed by atoms with E-state index in [9.17, 15) is 8.42 Å². The van der Waals surface area contributed by atoms with Crippen molar-refractivity contribution in [2.45, 2.75) is 49.8 Å². The van der Waals surface area contributed by atoms with E-state index >= 15 is 0 Å². The van der Waals surface area contributed by atoms with E-state index in [1.807, 2.05) is 12.1 Å². The first kappa shape index (κ1) is 16.2.